The molecule has 1 fully saturated rings. The highest BCUT2D eigenvalue weighted by Crippen LogP contribution is 2.49. The van der Waals surface area contributed by atoms with E-state index in [9.17, 15) is 4.79 Å². The molecule has 2 aromatic carbocycles. The molecule has 2 bridgehead atoms. The van der Waals surface area contributed by atoms with E-state index in [0.29, 0.717) is 17.5 Å². The molecule has 0 saturated carbocycles. The van der Waals surface area contributed by atoms with E-state index >= 15 is 0 Å². The molecular formula is C23H27NO2S. The maximum absolute atomic E-state index is 12.7. The van der Waals surface area contributed by atoms with Crippen LogP contribution in [0.2, 0.25) is 0 Å². The average Bonchev–Trinajstić information content (AvgIpc) is 2.68. The van der Waals surface area contributed by atoms with Crippen molar-refractivity contribution in [3.8, 4) is 5.75 Å². The van der Waals surface area contributed by atoms with Crippen molar-refractivity contribution in [3.63, 3.8) is 0 Å². The standard InChI is InChI=1S/C23H27NO2S/c1-15-21-13-17-7-10-19(14-20(17)23(15,2)11-12-24(21)3)27-22(25)16-5-8-18(26-4)9-6-16/h5-10,14-15,21H,11-13H2,1-4H3/t15-,21?,23+/m0/s1. The molecule has 4 rings (SSSR count). The monoisotopic (exact) mass is 381 g/mol. The summed E-state index contributed by atoms with van der Waals surface area (Å²) < 4.78 is 5.17. The molecule has 27 heavy (non-hydrogen) atoms. The minimum atomic E-state index is 0.0767. The van der Waals surface area contributed by atoms with Gasteiger partial charge in [-0.25, -0.2) is 0 Å². The molecule has 0 N–H and O–H groups in total. The summed E-state index contributed by atoms with van der Waals surface area (Å²) >= 11 is 1.32. The Morgan fingerprint density at radius 1 is 1.22 bits per heavy atom. The molecule has 2 aliphatic rings. The Morgan fingerprint density at radius 2 is 1.96 bits per heavy atom. The van der Waals surface area contributed by atoms with Crippen molar-refractivity contribution in [1.29, 1.82) is 0 Å². The lowest BCUT2D eigenvalue weighted by Crippen LogP contribution is -2.56. The highest BCUT2D eigenvalue weighted by molar-refractivity contribution is 8.14. The Kier molecular flexibility index (Phi) is 4.81. The first-order chi connectivity index (χ1) is 12.9. The Balaban J connectivity index is 1.60. The molecule has 3 atom stereocenters. The van der Waals surface area contributed by atoms with Gasteiger partial charge in [0.05, 0.1) is 7.11 Å². The third-order valence-electron chi connectivity index (χ3n) is 6.79. The van der Waals surface area contributed by atoms with E-state index in [0.717, 1.165) is 23.6 Å². The number of benzene rings is 2. The van der Waals surface area contributed by atoms with Crippen LogP contribution in [-0.2, 0) is 11.8 Å². The van der Waals surface area contributed by atoms with Crippen LogP contribution in [0, 0.1) is 5.92 Å². The number of carbonyl (C=O) groups is 1. The zero-order valence-electron chi connectivity index (χ0n) is 16.5. The fraction of sp³-hybridized carbons (Fsp3) is 0.435. The molecule has 1 heterocycles. The number of likely N-dealkylation sites (tertiary alicyclic amines) is 1. The van der Waals surface area contributed by atoms with Crippen LogP contribution in [0.1, 0.15) is 41.8 Å². The Morgan fingerprint density at radius 3 is 2.67 bits per heavy atom. The van der Waals surface area contributed by atoms with Crippen molar-refractivity contribution in [2.45, 2.75) is 43.0 Å². The molecule has 0 amide bonds. The summed E-state index contributed by atoms with van der Waals surface area (Å²) in [5, 5.41) is 0.0767. The van der Waals surface area contributed by atoms with Crippen molar-refractivity contribution < 1.29 is 9.53 Å². The summed E-state index contributed by atoms with van der Waals surface area (Å²) in [5.74, 6) is 1.39. The predicted octanol–water partition coefficient (Wildman–Crippen LogP) is 4.78. The molecular weight excluding hydrogens is 354 g/mol. The lowest BCUT2D eigenvalue weighted by Gasteiger charge is -2.53. The summed E-state index contributed by atoms with van der Waals surface area (Å²) in [6.07, 6.45) is 2.29. The second kappa shape index (κ2) is 6.99. The second-order valence-electron chi connectivity index (χ2n) is 8.15. The summed E-state index contributed by atoms with van der Waals surface area (Å²) in [4.78, 5) is 16.3. The number of fused-ring (bicyclic) bond motifs is 4. The number of piperidine rings is 1. The smallest absolute Gasteiger partial charge is 0.224 e. The lowest BCUT2D eigenvalue weighted by molar-refractivity contribution is 0.0506. The molecule has 1 unspecified atom stereocenters. The molecule has 1 saturated heterocycles. The average molecular weight is 382 g/mol. The van der Waals surface area contributed by atoms with Gasteiger partial charge < -0.3 is 9.64 Å². The van der Waals surface area contributed by atoms with Crippen molar-refractivity contribution in [3.05, 3.63) is 59.2 Å². The zero-order valence-corrected chi connectivity index (χ0v) is 17.3. The number of rotatable bonds is 3. The van der Waals surface area contributed by atoms with Gasteiger partial charge in [-0.3, -0.25) is 4.79 Å². The van der Waals surface area contributed by atoms with E-state index in [4.69, 9.17) is 4.74 Å². The maximum atomic E-state index is 12.7. The van der Waals surface area contributed by atoms with E-state index in [-0.39, 0.29) is 10.5 Å². The van der Waals surface area contributed by atoms with Gasteiger partial charge in [0.1, 0.15) is 5.75 Å². The first kappa shape index (κ1) is 18.6. The van der Waals surface area contributed by atoms with Crippen LogP contribution in [0.15, 0.2) is 47.4 Å². The topological polar surface area (TPSA) is 29.5 Å². The SMILES string of the molecule is COc1ccc(C(=O)Sc2ccc3c(c2)[C@]2(C)CCN(C)C(C3)[C@@H]2C)cc1. The number of ether oxygens (including phenoxy) is 1. The number of likely N-dealkylation sites (N-methyl/N-ethyl adjacent to an activating group) is 1. The largest absolute Gasteiger partial charge is 0.497 e. The minimum absolute atomic E-state index is 0.0767. The molecule has 0 spiro atoms. The van der Waals surface area contributed by atoms with Crippen LogP contribution in [0.5, 0.6) is 5.75 Å². The van der Waals surface area contributed by atoms with E-state index in [1.54, 1.807) is 7.11 Å². The maximum Gasteiger partial charge on any atom is 0.224 e. The van der Waals surface area contributed by atoms with Gasteiger partial charge in [-0.2, -0.15) is 0 Å². The van der Waals surface area contributed by atoms with E-state index in [1.165, 1.54) is 29.3 Å². The van der Waals surface area contributed by atoms with Gasteiger partial charge in [0.25, 0.3) is 0 Å². The highest BCUT2D eigenvalue weighted by Gasteiger charge is 2.47. The molecule has 4 heteroatoms. The van der Waals surface area contributed by atoms with Gasteiger partial charge in [0.2, 0.25) is 5.12 Å². The normalized spacial score (nSPS) is 27.1. The molecule has 1 aliphatic heterocycles. The minimum Gasteiger partial charge on any atom is -0.497 e. The summed E-state index contributed by atoms with van der Waals surface area (Å²) in [6.45, 7) is 5.95. The number of methoxy groups -OCH3 is 1. The van der Waals surface area contributed by atoms with E-state index < -0.39 is 0 Å². The van der Waals surface area contributed by atoms with Crippen molar-refractivity contribution in [1.82, 2.24) is 4.90 Å². The molecule has 0 radical (unpaired) electrons. The first-order valence-electron chi connectivity index (χ1n) is 9.62. The number of thioether (sulfide) groups is 1. The van der Waals surface area contributed by atoms with Crippen LogP contribution in [-0.4, -0.2) is 36.8 Å². The molecule has 2 aromatic rings. The highest BCUT2D eigenvalue weighted by atomic mass is 32.2. The van der Waals surface area contributed by atoms with Crippen molar-refractivity contribution in [2.75, 3.05) is 20.7 Å². The zero-order chi connectivity index (χ0) is 19.2. The number of hydrogen-bond donors (Lipinski definition) is 0. The number of carbonyl (C=O) groups excluding carboxylic acids is 1. The van der Waals surface area contributed by atoms with Gasteiger partial charge in [-0.15, -0.1) is 0 Å². The molecule has 0 aromatic heterocycles. The van der Waals surface area contributed by atoms with Crippen LogP contribution in [0.4, 0.5) is 0 Å². The van der Waals surface area contributed by atoms with E-state index in [1.807, 2.05) is 24.3 Å². The molecule has 3 nitrogen and oxygen atoms in total. The first-order valence-corrected chi connectivity index (χ1v) is 10.4. The molecule has 142 valence electrons. The van der Waals surface area contributed by atoms with Crippen LogP contribution < -0.4 is 4.74 Å². The predicted molar refractivity (Wildman–Crippen MR) is 111 cm³/mol. The lowest BCUT2D eigenvalue weighted by atomic mass is 9.59. The second-order valence-corrected chi connectivity index (χ2v) is 9.19. The Bertz CT molecular complexity index is 863. The van der Waals surface area contributed by atoms with Crippen LogP contribution in [0.25, 0.3) is 0 Å². The van der Waals surface area contributed by atoms with Crippen molar-refractivity contribution in [2.24, 2.45) is 5.92 Å². The number of nitrogens with zero attached hydrogens (tertiary/aromatic N) is 1. The quantitative estimate of drug-likeness (QED) is 0.716. The van der Waals surface area contributed by atoms with Crippen LogP contribution in [0.3, 0.4) is 0 Å². The Labute approximate surface area is 166 Å². The summed E-state index contributed by atoms with van der Waals surface area (Å²) in [6, 6.07) is 14.6. The fourth-order valence-corrected chi connectivity index (χ4v) is 5.55. The van der Waals surface area contributed by atoms with E-state index in [2.05, 4.69) is 44.0 Å². The van der Waals surface area contributed by atoms with Crippen LogP contribution >= 0.6 is 11.8 Å². The summed E-state index contributed by atoms with van der Waals surface area (Å²) in [7, 11) is 3.89. The van der Waals surface area contributed by atoms with Gasteiger partial charge in [0.15, 0.2) is 0 Å². The third kappa shape index (κ3) is 3.19. The third-order valence-corrected chi connectivity index (χ3v) is 7.70. The number of hydrogen-bond acceptors (Lipinski definition) is 4. The Hall–Kier alpha value is -1.78. The fourth-order valence-electron chi connectivity index (χ4n) is 4.77. The van der Waals surface area contributed by atoms with Gasteiger partial charge >= 0.3 is 0 Å². The van der Waals surface area contributed by atoms with Gasteiger partial charge in [-0.1, -0.05) is 19.9 Å². The van der Waals surface area contributed by atoms with Gasteiger partial charge in [-0.05, 0) is 97.1 Å². The summed E-state index contributed by atoms with van der Waals surface area (Å²) in [5.41, 5.74) is 3.81. The van der Waals surface area contributed by atoms with Gasteiger partial charge in [0, 0.05) is 16.5 Å². The van der Waals surface area contributed by atoms with Crippen molar-refractivity contribution >= 4 is 16.9 Å². The molecule has 1 aliphatic carbocycles.